The van der Waals surface area contributed by atoms with Gasteiger partial charge in [-0.25, -0.2) is 0 Å². The van der Waals surface area contributed by atoms with Gasteiger partial charge in [-0.3, -0.25) is 4.79 Å². The lowest BCUT2D eigenvalue weighted by molar-refractivity contribution is -0.126. The van der Waals surface area contributed by atoms with E-state index in [1.165, 1.54) is 0 Å². The fourth-order valence-corrected chi connectivity index (χ4v) is 4.17. The summed E-state index contributed by atoms with van der Waals surface area (Å²) in [5.41, 5.74) is 0. The Morgan fingerprint density at radius 1 is 1.21 bits per heavy atom. The minimum atomic E-state index is -0.574. The van der Waals surface area contributed by atoms with Crippen LogP contribution in [0.15, 0.2) is 35.0 Å². The standard InChI is InChI=1S/C14H12N2OS2/c15-8-10-9(12-3-1-5-18-12)7-11(16-14(10)17)13-4-2-6-19-13/h1-6,9-11H,7H2,(H,16,17)/t9-,10-,11-/m1/s1. The van der Waals surface area contributed by atoms with Crippen molar-refractivity contribution in [2.24, 2.45) is 5.92 Å². The number of nitrogens with zero attached hydrogens (tertiary/aromatic N) is 1. The van der Waals surface area contributed by atoms with Crippen LogP contribution in [0.3, 0.4) is 0 Å². The lowest BCUT2D eigenvalue weighted by Gasteiger charge is -2.32. The number of carbonyl (C=O) groups excluding carboxylic acids is 1. The van der Waals surface area contributed by atoms with E-state index >= 15 is 0 Å². The molecule has 1 aliphatic rings. The van der Waals surface area contributed by atoms with Gasteiger partial charge in [-0.2, -0.15) is 5.26 Å². The van der Waals surface area contributed by atoms with E-state index in [4.69, 9.17) is 0 Å². The maximum absolute atomic E-state index is 12.1. The van der Waals surface area contributed by atoms with Crippen LogP contribution in [-0.2, 0) is 4.79 Å². The molecule has 1 amide bonds. The Kier molecular flexibility index (Phi) is 3.36. The molecule has 1 aliphatic heterocycles. The molecule has 0 bridgehead atoms. The highest BCUT2D eigenvalue weighted by molar-refractivity contribution is 7.10. The quantitative estimate of drug-likeness (QED) is 0.922. The average molecular weight is 288 g/mol. The molecule has 5 heteroatoms. The molecule has 2 aromatic heterocycles. The second-order valence-corrected chi connectivity index (χ2v) is 6.50. The van der Waals surface area contributed by atoms with Crippen molar-refractivity contribution in [3.8, 4) is 6.07 Å². The first kappa shape index (κ1) is 12.4. The topological polar surface area (TPSA) is 52.9 Å². The summed E-state index contributed by atoms with van der Waals surface area (Å²) in [5.74, 6) is -0.716. The highest BCUT2D eigenvalue weighted by Crippen LogP contribution is 2.40. The van der Waals surface area contributed by atoms with Gasteiger partial charge in [0.25, 0.3) is 0 Å². The van der Waals surface area contributed by atoms with E-state index < -0.39 is 5.92 Å². The molecule has 0 aromatic carbocycles. The summed E-state index contributed by atoms with van der Waals surface area (Å²) in [5, 5.41) is 16.2. The highest BCUT2D eigenvalue weighted by Gasteiger charge is 2.38. The van der Waals surface area contributed by atoms with Crippen molar-refractivity contribution in [1.82, 2.24) is 5.32 Å². The van der Waals surface area contributed by atoms with Gasteiger partial charge in [0, 0.05) is 15.7 Å². The molecule has 3 heterocycles. The van der Waals surface area contributed by atoms with Crippen molar-refractivity contribution in [3.63, 3.8) is 0 Å². The molecule has 0 saturated carbocycles. The molecule has 96 valence electrons. The molecule has 3 atom stereocenters. The van der Waals surface area contributed by atoms with E-state index in [0.717, 1.165) is 16.2 Å². The summed E-state index contributed by atoms with van der Waals surface area (Å²) in [4.78, 5) is 14.4. The zero-order valence-corrected chi connectivity index (χ0v) is 11.7. The third-order valence-electron chi connectivity index (χ3n) is 3.43. The summed E-state index contributed by atoms with van der Waals surface area (Å²) in [7, 11) is 0. The SMILES string of the molecule is N#C[C@H]1C(=O)N[C@@H](c2cccs2)C[C@H]1c1cccs1. The zero-order chi connectivity index (χ0) is 13.2. The van der Waals surface area contributed by atoms with E-state index in [-0.39, 0.29) is 17.9 Å². The molecular weight excluding hydrogens is 276 g/mol. The molecule has 1 fully saturated rings. The van der Waals surface area contributed by atoms with Crippen LogP contribution in [-0.4, -0.2) is 5.91 Å². The van der Waals surface area contributed by atoms with Gasteiger partial charge in [0.15, 0.2) is 0 Å². The Morgan fingerprint density at radius 3 is 2.47 bits per heavy atom. The molecule has 0 unspecified atom stereocenters. The Bertz CT molecular complexity index is 598. The van der Waals surface area contributed by atoms with Crippen molar-refractivity contribution >= 4 is 28.6 Å². The van der Waals surface area contributed by atoms with E-state index in [1.807, 2.05) is 35.0 Å². The van der Waals surface area contributed by atoms with Crippen molar-refractivity contribution in [2.45, 2.75) is 18.4 Å². The number of amides is 1. The van der Waals surface area contributed by atoms with Crippen LogP contribution >= 0.6 is 22.7 Å². The molecule has 3 nitrogen and oxygen atoms in total. The first-order valence-electron chi connectivity index (χ1n) is 6.06. The number of nitriles is 1. The molecule has 1 saturated heterocycles. The van der Waals surface area contributed by atoms with Crippen LogP contribution in [0, 0.1) is 17.2 Å². The second-order valence-electron chi connectivity index (χ2n) is 4.54. The number of hydrogen-bond donors (Lipinski definition) is 1. The fourth-order valence-electron chi connectivity index (χ4n) is 2.50. The van der Waals surface area contributed by atoms with Gasteiger partial charge in [-0.15, -0.1) is 22.7 Å². The van der Waals surface area contributed by atoms with E-state index in [0.29, 0.717) is 0 Å². The molecule has 2 aromatic rings. The Morgan fingerprint density at radius 2 is 1.89 bits per heavy atom. The van der Waals surface area contributed by atoms with Gasteiger partial charge in [-0.1, -0.05) is 12.1 Å². The van der Waals surface area contributed by atoms with E-state index in [1.54, 1.807) is 22.7 Å². The molecule has 1 N–H and O–H groups in total. The summed E-state index contributed by atoms with van der Waals surface area (Å²) < 4.78 is 0. The number of thiophene rings is 2. The largest absolute Gasteiger partial charge is 0.347 e. The van der Waals surface area contributed by atoms with Crippen LogP contribution in [0.1, 0.15) is 28.1 Å². The summed E-state index contributed by atoms with van der Waals surface area (Å²) in [6.07, 6.45) is 0.797. The average Bonchev–Trinajstić information content (AvgIpc) is 3.11. The molecule has 19 heavy (non-hydrogen) atoms. The fraction of sp³-hybridized carbons (Fsp3) is 0.286. The number of nitrogens with one attached hydrogen (secondary N) is 1. The first-order valence-corrected chi connectivity index (χ1v) is 7.82. The minimum Gasteiger partial charge on any atom is -0.347 e. The summed E-state index contributed by atoms with van der Waals surface area (Å²) in [6, 6.07) is 10.2. The maximum atomic E-state index is 12.1. The first-order chi connectivity index (χ1) is 9.29. The summed E-state index contributed by atoms with van der Waals surface area (Å²) >= 11 is 3.27. The Hall–Kier alpha value is -1.64. The predicted octanol–water partition coefficient (Wildman–Crippen LogP) is 3.29. The van der Waals surface area contributed by atoms with Crippen molar-refractivity contribution in [3.05, 3.63) is 44.8 Å². The van der Waals surface area contributed by atoms with Crippen LogP contribution in [0.25, 0.3) is 0 Å². The van der Waals surface area contributed by atoms with Crippen molar-refractivity contribution in [2.75, 3.05) is 0 Å². The van der Waals surface area contributed by atoms with E-state index in [9.17, 15) is 10.1 Å². The molecule has 0 spiro atoms. The second kappa shape index (κ2) is 5.16. The van der Waals surface area contributed by atoms with Gasteiger partial charge in [0.05, 0.1) is 12.1 Å². The minimum absolute atomic E-state index is 0.00542. The summed E-state index contributed by atoms with van der Waals surface area (Å²) in [6.45, 7) is 0. The Labute approximate surface area is 119 Å². The number of carbonyl (C=O) groups is 1. The number of hydrogen-bond acceptors (Lipinski definition) is 4. The third kappa shape index (κ3) is 2.29. The van der Waals surface area contributed by atoms with Crippen molar-refractivity contribution < 1.29 is 4.79 Å². The highest BCUT2D eigenvalue weighted by atomic mass is 32.1. The van der Waals surface area contributed by atoms with Gasteiger partial charge in [0.2, 0.25) is 5.91 Å². The van der Waals surface area contributed by atoms with Gasteiger partial charge in [-0.05, 0) is 29.3 Å². The van der Waals surface area contributed by atoms with Crippen LogP contribution in [0.4, 0.5) is 0 Å². The van der Waals surface area contributed by atoms with Gasteiger partial charge < -0.3 is 5.32 Å². The monoisotopic (exact) mass is 288 g/mol. The maximum Gasteiger partial charge on any atom is 0.238 e. The molecule has 3 rings (SSSR count). The lowest BCUT2D eigenvalue weighted by atomic mass is 9.82. The van der Waals surface area contributed by atoms with Gasteiger partial charge in [0.1, 0.15) is 5.92 Å². The van der Waals surface area contributed by atoms with Crippen LogP contribution in [0.2, 0.25) is 0 Å². The predicted molar refractivity (Wildman–Crippen MR) is 76.0 cm³/mol. The van der Waals surface area contributed by atoms with Gasteiger partial charge >= 0.3 is 0 Å². The molecule has 0 radical (unpaired) electrons. The zero-order valence-electron chi connectivity index (χ0n) is 10.1. The Balaban J connectivity index is 1.92. The normalized spacial score (nSPS) is 26.7. The molecule has 0 aliphatic carbocycles. The van der Waals surface area contributed by atoms with Crippen LogP contribution in [0.5, 0.6) is 0 Å². The van der Waals surface area contributed by atoms with Crippen molar-refractivity contribution in [1.29, 1.82) is 5.26 Å². The number of piperidine rings is 1. The number of rotatable bonds is 2. The third-order valence-corrected chi connectivity index (χ3v) is 5.42. The van der Waals surface area contributed by atoms with Crippen LogP contribution < -0.4 is 5.32 Å². The van der Waals surface area contributed by atoms with E-state index in [2.05, 4.69) is 11.4 Å². The molecular formula is C14H12N2OS2. The smallest absolute Gasteiger partial charge is 0.238 e. The lowest BCUT2D eigenvalue weighted by Crippen LogP contribution is -2.42.